The summed E-state index contributed by atoms with van der Waals surface area (Å²) in [6.45, 7) is 7.15. The number of nitrogens with zero attached hydrogens (tertiary/aromatic N) is 7. The van der Waals surface area contributed by atoms with Crippen molar-refractivity contribution in [2.24, 2.45) is 0 Å². The molecule has 1 aliphatic rings. The Balaban J connectivity index is 1.32. The SMILES string of the molecule is CC(C)n1cnnc1SCC(=O)N1CCN(c2nc3cccnc3s2)CC1. The fourth-order valence-electron chi connectivity index (χ4n) is 2.95. The summed E-state index contributed by atoms with van der Waals surface area (Å²) in [6.07, 6.45) is 3.50. The number of pyridine rings is 1. The molecular weight excluding hydrogens is 382 g/mol. The first-order chi connectivity index (χ1) is 13.1. The molecule has 142 valence electrons. The largest absolute Gasteiger partial charge is 0.344 e. The summed E-state index contributed by atoms with van der Waals surface area (Å²) in [7, 11) is 0. The Hall–Kier alpha value is -2.20. The third-order valence-electron chi connectivity index (χ3n) is 4.48. The molecule has 0 aliphatic carbocycles. The molecule has 3 aromatic heterocycles. The van der Waals surface area contributed by atoms with Gasteiger partial charge in [0.05, 0.1) is 5.75 Å². The first-order valence-electron chi connectivity index (χ1n) is 8.88. The van der Waals surface area contributed by atoms with E-state index in [1.165, 1.54) is 11.8 Å². The predicted molar refractivity (Wildman–Crippen MR) is 107 cm³/mol. The molecule has 10 heteroatoms. The Bertz CT molecular complexity index is 897. The second-order valence-electron chi connectivity index (χ2n) is 6.60. The van der Waals surface area contributed by atoms with Crippen LogP contribution in [0.15, 0.2) is 29.8 Å². The van der Waals surface area contributed by atoms with Gasteiger partial charge >= 0.3 is 0 Å². The molecule has 0 spiro atoms. The lowest BCUT2D eigenvalue weighted by atomic mass is 10.3. The van der Waals surface area contributed by atoms with Crippen molar-refractivity contribution in [3.05, 3.63) is 24.7 Å². The lowest BCUT2D eigenvalue weighted by Crippen LogP contribution is -2.49. The maximum atomic E-state index is 12.6. The predicted octanol–water partition coefficient (Wildman–Crippen LogP) is 2.30. The van der Waals surface area contributed by atoms with E-state index < -0.39 is 0 Å². The average molecular weight is 404 g/mol. The highest BCUT2D eigenvalue weighted by Crippen LogP contribution is 2.28. The van der Waals surface area contributed by atoms with Crippen molar-refractivity contribution in [1.29, 1.82) is 0 Å². The summed E-state index contributed by atoms with van der Waals surface area (Å²) >= 11 is 3.05. The van der Waals surface area contributed by atoms with Crippen LogP contribution in [0.1, 0.15) is 19.9 Å². The minimum Gasteiger partial charge on any atom is -0.344 e. The Labute approximate surface area is 165 Å². The van der Waals surface area contributed by atoms with E-state index in [9.17, 15) is 4.79 Å². The van der Waals surface area contributed by atoms with Gasteiger partial charge in [-0.15, -0.1) is 10.2 Å². The van der Waals surface area contributed by atoms with Gasteiger partial charge in [0.2, 0.25) is 5.91 Å². The summed E-state index contributed by atoms with van der Waals surface area (Å²) in [5.41, 5.74) is 0.932. The number of carbonyl (C=O) groups is 1. The Morgan fingerprint density at radius 3 is 2.85 bits per heavy atom. The number of thiazole rings is 1. The fraction of sp³-hybridized carbons (Fsp3) is 0.471. The van der Waals surface area contributed by atoms with Gasteiger partial charge in [-0.3, -0.25) is 4.79 Å². The van der Waals surface area contributed by atoms with Crippen molar-refractivity contribution < 1.29 is 4.79 Å². The zero-order chi connectivity index (χ0) is 18.8. The highest BCUT2D eigenvalue weighted by atomic mass is 32.2. The molecule has 0 aromatic carbocycles. The number of aromatic nitrogens is 5. The van der Waals surface area contributed by atoms with Crippen LogP contribution in [-0.2, 0) is 4.79 Å². The van der Waals surface area contributed by atoms with E-state index in [2.05, 4.69) is 38.9 Å². The Morgan fingerprint density at radius 1 is 1.30 bits per heavy atom. The number of thioether (sulfide) groups is 1. The number of fused-ring (bicyclic) bond motifs is 1. The van der Waals surface area contributed by atoms with E-state index in [1.807, 2.05) is 21.6 Å². The van der Waals surface area contributed by atoms with Gasteiger partial charge in [0.25, 0.3) is 0 Å². The smallest absolute Gasteiger partial charge is 0.233 e. The van der Waals surface area contributed by atoms with Gasteiger partial charge in [0, 0.05) is 38.4 Å². The van der Waals surface area contributed by atoms with Crippen molar-refractivity contribution in [2.75, 3.05) is 36.8 Å². The van der Waals surface area contributed by atoms with Crippen LogP contribution in [-0.4, -0.2) is 67.5 Å². The van der Waals surface area contributed by atoms with Crippen molar-refractivity contribution in [3.63, 3.8) is 0 Å². The number of rotatable bonds is 5. The standard InChI is InChI=1S/C17H21N7OS2/c1-12(2)24-11-19-21-17(24)26-10-14(25)22-6-8-23(9-7-22)16-20-13-4-3-5-18-15(13)27-16/h3-5,11-12H,6-10H2,1-2H3. The lowest BCUT2D eigenvalue weighted by molar-refractivity contribution is -0.128. The Kier molecular flexibility index (Phi) is 5.26. The van der Waals surface area contributed by atoms with Crippen molar-refractivity contribution in [1.82, 2.24) is 29.6 Å². The second kappa shape index (κ2) is 7.81. The fourth-order valence-corrected chi connectivity index (χ4v) is 4.86. The highest BCUT2D eigenvalue weighted by Gasteiger charge is 2.23. The monoisotopic (exact) mass is 403 g/mol. The molecule has 4 heterocycles. The quantitative estimate of drug-likeness (QED) is 0.605. The molecule has 4 rings (SSSR count). The third-order valence-corrected chi connectivity index (χ3v) is 6.46. The molecule has 0 atom stereocenters. The molecule has 1 saturated heterocycles. The normalized spacial score (nSPS) is 15.1. The van der Waals surface area contributed by atoms with E-state index in [0.717, 1.165) is 33.7 Å². The summed E-state index contributed by atoms with van der Waals surface area (Å²) in [5.74, 6) is 0.528. The first-order valence-corrected chi connectivity index (χ1v) is 10.7. The van der Waals surface area contributed by atoms with Crippen molar-refractivity contribution in [3.8, 4) is 0 Å². The maximum absolute atomic E-state index is 12.6. The van der Waals surface area contributed by atoms with E-state index in [4.69, 9.17) is 0 Å². The van der Waals surface area contributed by atoms with E-state index in [0.29, 0.717) is 18.8 Å². The van der Waals surface area contributed by atoms with Crippen LogP contribution < -0.4 is 4.90 Å². The highest BCUT2D eigenvalue weighted by molar-refractivity contribution is 7.99. The zero-order valence-electron chi connectivity index (χ0n) is 15.3. The van der Waals surface area contributed by atoms with E-state index in [-0.39, 0.29) is 11.9 Å². The molecule has 0 unspecified atom stereocenters. The van der Waals surface area contributed by atoms with E-state index >= 15 is 0 Å². The Morgan fingerprint density at radius 2 is 2.11 bits per heavy atom. The van der Waals surface area contributed by atoms with Crippen LogP contribution in [0.2, 0.25) is 0 Å². The van der Waals surface area contributed by atoms with Crippen LogP contribution in [0, 0.1) is 0 Å². The molecule has 1 fully saturated rings. The van der Waals surface area contributed by atoms with Crippen LogP contribution in [0.3, 0.4) is 0 Å². The van der Waals surface area contributed by atoms with E-state index in [1.54, 1.807) is 23.9 Å². The number of hydrogen-bond acceptors (Lipinski definition) is 8. The molecule has 1 aliphatic heterocycles. The van der Waals surface area contributed by atoms with Gasteiger partial charge in [-0.05, 0) is 26.0 Å². The lowest BCUT2D eigenvalue weighted by Gasteiger charge is -2.34. The summed E-state index contributed by atoms with van der Waals surface area (Å²) in [4.78, 5) is 26.7. The number of carbonyl (C=O) groups excluding carboxylic acids is 1. The van der Waals surface area contributed by atoms with Gasteiger partial charge in [-0.1, -0.05) is 23.1 Å². The first kappa shape index (κ1) is 18.2. The minimum atomic E-state index is 0.143. The van der Waals surface area contributed by atoms with Gasteiger partial charge in [-0.25, -0.2) is 9.97 Å². The van der Waals surface area contributed by atoms with Crippen LogP contribution in [0.4, 0.5) is 5.13 Å². The number of hydrogen-bond donors (Lipinski definition) is 0. The molecule has 0 N–H and O–H groups in total. The molecule has 1 amide bonds. The van der Waals surface area contributed by atoms with Gasteiger partial charge in [-0.2, -0.15) is 0 Å². The van der Waals surface area contributed by atoms with Crippen LogP contribution in [0.5, 0.6) is 0 Å². The van der Waals surface area contributed by atoms with Crippen molar-refractivity contribution >= 4 is 44.5 Å². The number of anilines is 1. The average Bonchev–Trinajstić information content (AvgIpc) is 3.33. The number of piperazine rings is 1. The summed E-state index contributed by atoms with van der Waals surface area (Å²) in [6, 6.07) is 4.17. The number of amides is 1. The topological polar surface area (TPSA) is 80.0 Å². The molecular formula is C17H21N7OS2. The molecule has 27 heavy (non-hydrogen) atoms. The van der Waals surface area contributed by atoms with Gasteiger partial charge < -0.3 is 14.4 Å². The molecule has 0 bridgehead atoms. The molecule has 0 radical (unpaired) electrons. The van der Waals surface area contributed by atoms with Crippen LogP contribution in [0.25, 0.3) is 10.3 Å². The third kappa shape index (κ3) is 3.91. The summed E-state index contributed by atoms with van der Waals surface area (Å²) < 4.78 is 1.98. The molecule has 3 aromatic rings. The van der Waals surface area contributed by atoms with Gasteiger partial charge in [0.15, 0.2) is 10.3 Å². The second-order valence-corrected chi connectivity index (χ2v) is 8.49. The summed E-state index contributed by atoms with van der Waals surface area (Å²) in [5, 5.41) is 9.83. The van der Waals surface area contributed by atoms with Gasteiger partial charge in [0.1, 0.15) is 16.7 Å². The van der Waals surface area contributed by atoms with Crippen LogP contribution >= 0.6 is 23.1 Å². The minimum absolute atomic E-state index is 0.143. The zero-order valence-corrected chi connectivity index (χ0v) is 16.9. The van der Waals surface area contributed by atoms with Crippen molar-refractivity contribution in [2.45, 2.75) is 25.0 Å². The molecule has 0 saturated carbocycles. The maximum Gasteiger partial charge on any atom is 0.233 e. The molecule has 8 nitrogen and oxygen atoms in total.